The molecule has 0 fully saturated rings. The molecule has 0 bridgehead atoms. The van der Waals surface area contributed by atoms with Gasteiger partial charge in [0.1, 0.15) is 5.75 Å². The van der Waals surface area contributed by atoms with Crippen LogP contribution in [0.1, 0.15) is 4.88 Å². The Hall–Kier alpha value is -0.0600. The molecule has 2 aromatic rings. The fourth-order valence-corrected chi connectivity index (χ4v) is 3.11. The van der Waals surface area contributed by atoms with Crippen molar-refractivity contribution in [2.75, 3.05) is 0 Å². The minimum Gasteiger partial charge on any atom is -0.507 e. The highest BCUT2D eigenvalue weighted by Crippen LogP contribution is 2.34. The molecule has 13 heavy (non-hydrogen) atoms. The van der Waals surface area contributed by atoms with Gasteiger partial charge < -0.3 is 5.11 Å². The Bertz CT molecular complexity index is 411. The van der Waals surface area contributed by atoms with E-state index in [9.17, 15) is 5.11 Å². The zero-order valence-corrected chi connectivity index (χ0v) is 10.5. The number of phenolic OH excluding ortho intramolecular Hbond substituents is 1. The van der Waals surface area contributed by atoms with E-state index in [1.807, 2.05) is 6.07 Å². The van der Waals surface area contributed by atoms with Crippen LogP contribution in [0.4, 0.5) is 0 Å². The molecule has 2 rings (SSSR count). The molecular formula is C9H6Br2OS. The first-order chi connectivity index (χ1) is 6.20. The topological polar surface area (TPSA) is 20.2 Å². The molecule has 68 valence electrons. The molecule has 0 unspecified atom stereocenters. The summed E-state index contributed by atoms with van der Waals surface area (Å²) in [5.74, 6) is 0.298. The molecule has 0 aliphatic heterocycles. The lowest BCUT2D eigenvalue weighted by Gasteiger charge is -1.95. The molecule has 0 spiro atoms. The van der Waals surface area contributed by atoms with Gasteiger partial charge in [0, 0.05) is 14.9 Å². The number of alkyl halides is 1. The van der Waals surface area contributed by atoms with Crippen LogP contribution in [-0.4, -0.2) is 5.11 Å². The maximum absolute atomic E-state index is 9.45. The lowest BCUT2D eigenvalue weighted by Crippen LogP contribution is -1.67. The molecule has 0 saturated carbocycles. The van der Waals surface area contributed by atoms with Crippen LogP contribution in [0.3, 0.4) is 0 Å². The van der Waals surface area contributed by atoms with Gasteiger partial charge in [-0.05, 0) is 39.5 Å². The van der Waals surface area contributed by atoms with Gasteiger partial charge in [-0.15, -0.1) is 11.3 Å². The van der Waals surface area contributed by atoms with Crippen molar-refractivity contribution < 1.29 is 5.11 Å². The highest BCUT2D eigenvalue weighted by Gasteiger charge is 2.04. The van der Waals surface area contributed by atoms with Crippen LogP contribution in [0, 0.1) is 0 Å². The van der Waals surface area contributed by atoms with Gasteiger partial charge in [0.2, 0.25) is 0 Å². The summed E-state index contributed by atoms with van der Waals surface area (Å²) in [7, 11) is 0. The monoisotopic (exact) mass is 320 g/mol. The van der Waals surface area contributed by atoms with E-state index in [2.05, 4.69) is 37.9 Å². The van der Waals surface area contributed by atoms with Crippen molar-refractivity contribution in [3.05, 3.63) is 27.5 Å². The summed E-state index contributed by atoms with van der Waals surface area (Å²) in [5, 5.41) is 11.4. The molecule has 1 heterocycles. The van der Waals surface area contributed by atoms with Gasteiger partial charge in [0.25, 0.3) is 0 Å². The first kappa shape index (κ1) is 9.49. The third-order valence-corrected chi connectivity index (χ3v) is 4.48. The van der Waals surface area contributed by atoms with Crippen molar-refractivity contribution in [1.82, 2.24) is 0 Å². The van der Waals surface area contributed by atoms with E-state index in [0.29, 0.717) is 5.75 Å². The van der Waals surface area contributed by atoms with Crippen LogP contribution in [0.2, 0.25) is 0 Å². The van der Waals surface area contributed by atoms with E-state index >= 15 is 0 Å². The van der Waals surface area contributed by atoms with Crippen LogP contribution in [0.15, 0.2) is 22.7 Å². The number of hydrogen-bond donors (Lipinski definition) is 1. The van der Waals surface area contributed by atoms with Gasteiger partial charge in [-0.3, -0.25) is 0 Å². The second-order valence-electron chi connectivity index (χ2n) is 2.69. The molecule has 0 saturated heterocycles. The molecule has 4 heteroatoms. The summed E-state index contributed by atoms with van der Waals surface area (Å²) in [6.45, 7) is 0. The molecule has 1 N–H and O–H groups in total. The molecule has 0 aliphatic rings. The molecule has 1 aromatic heterocycles. The minimum atomic E-state index is 0.298. The molecule has 0 amide bonds. The van der Waals surface area contributed by atoms with Crippen molar-refractivity contribution in [3.8, 4) is 5.75 Å². The van der Waals surface area contributed by atoms with Gasteiger partial charge in [-0.1, -0.05) is 15.9 Å². The number of benzene rings is 1. The number of hydrogen-bond acceptors (Lipinski definition) is 2. The predicted octanol–water partition coefficient (Wildman–Crippen LogP) is 4.26. The average Bonchev–Trinajstić information content (AvgIpc) is 2.48. The first-order valence-corrected chi connectivity index (χ1v) is 6.40. The van der Waals surface area contributed by atoms with Gasteiger partial charge in [-0.2, -0.15) is 0 Å². The molecule has 0 radical (unpaired) electrons. The predicted molar refractivity (Wildman–Crippen MR) is 63.8 cm³/mol. The van der Waals surface area contributed by atoms with E-state index < -0.39 is 0 Å². The SMILES string of the molecule is Oc1cc2cc(CBr)sc2cc1Br. The smallest absolute Gasteiger partial charge is 0.130 e. The Morgan fingerprint density at radius 3 is 2.77 bits per heavy atom. The number of rotatable bonds is 1. The Labute approximate surface area is 96.6 Å². The van der Waals surface area contributed by atoms with E-state index in [-0.39, 0.29) is 0 Å². The Balaban J connectivity index is 2.70. The number of thiophene rings is 1. The van der Waals surface area contributed by atoms with Crippen LogP contribution < -0.4 is 0 Å². The van der Waals surface area contributed by atoms with Gasteiger partial charge in [0.15, 0.2) is 0 Å². The van der Waals surface area contributed by atoms with E-state index in [0.717, 1.165) is 15.2 Å². The maximum atomic E-state index is 9.45. The van der Waals surface area contributed by atoms with Crippen LogP contribution in [0.25, 0.3) is 10.1 Å². The quantitative estimate of drug-likeness (QED) is 0.778. The third kappa shape index (κ3) is 1.75. The molecule has 0 aliphatic carbocycles. The van der Waals surface area contributed by atoms with Crippen LogP contribution in [0.5, 0.6) is 5.75 Å². The first-order valence-electron chi connectivity index (χ1n) is 3.67. The number of phenols is 1. The van der Waals surface area contributed by atoms with Gasteiger partial charge in [-0.25, -0.2) is 0 Å². The Morgan fingerprint density at radius 1 is 1.31 bits per heavy atom. The number of fused-ring (bicyclic) bond motifs is 1. The fourth-order valence-electron chi connectivity index (χ4n) is 1.17. The Morgan fingerprint density at radius 2 is 2.08 bits per heavy atom. The van der Waals surface area contributed by atoms with Gasteiger partial charge >= 0.3 is 0 Å². The van der Waals surface area contributed by atoms with E-state index in [1.165, 1.54) is 9.58 Å². The summed E-state index contributed by atoms with van der Waals surface area (Å²) in [6.07, 6.45) is 0. The van der Waals surface area contributed by atoms with Crippen LogP contribution in [-0.2, 0) is 5.33 Å². The molecule has 1 nitrogen and oxygen atoms in total. The number of halogens is 2. The zero-order valence-electron chi connectivity index (χ0n) is 6.55. The summed E-state index contributed by atoms with van der Waals surface area (Å²) in [4.78, 5) is 1.27. The molecule has 0 atom stereocenters. The van der Waals surface area contributed by atoms with Crippen LogP contribution >= 0.6 is 43.2 Å². The molecule has 1 aromatic carbocycles. The normalized spacial score (nSPS) is 10.9. The van der Waals surface area contributed by atoms with Crippen molar-refractivity contribution in [2.24, 2.45) is 0 Å². The van der Waals surface area contributed by atoms with Gasteiger partial charge in [0.05, 0.1) is 4.47 Å². The highest BCUT2D eigenvalue weighted by atomic mass is 79.9. The third-order valence-electron chi connectivity index (χ3n) is 1.77. The van der Waals surface area contributed by atoms with E-state index in [1.54, 1.807) is 17.4 Å². The zero-order chi connectivity index (χ0) is 9.42. The fraction of sp³-hybridized carbons (Fsp3) is 0.111. The van der Waals surface area contributed by atoms with Crippen molar-refractivity contribution in [2.45, 2.75) is 5.33 Å². The van der Waals surface area contributed by atoms with Crippen molar-refractivity contribution in [3.63, 3.8) is 0 Å². The van der Waals surface area contributed by atoms with E-state index in [4.69, 9.17) is 0 Å². The second-order valence-corrected chi connectivity index (χ2v) is 5.27. The summed E-state index contributed by atoms with van der Waals surface area (Å²) >= 11 is 8.43. The minimum absolute atomic E-state index is 0.298. The standard InChI is InChI=1S/C9H6Br2OS/c10-4-6-1-5-2-8(12)7(11)3-9(5)13-6/h1-3,12H,4H2. The lowest BCUT2D eigenvalue weighted by molar-refractivity contribution is 0.473. The average molecular weight is 322 g/mol. The highest BCUT2D eigenvalue weighted by molar-refractivity contribution is 9.10. The summed E-state index contributed by atoms with van der Waals surface area (Å²) in [5.41, 5.74) is 0. The lowest BCUT2D eigenvalue weighted by atomic mass is 10.2. The maximum Gasteiger partial charge on any atom is 0.130 e. The number of aromatic hydroxyl groups is 1. The summed E-state index contributed by atoms with van der Waals surface area (Å²) < 4.78 is 1.95. The Kier molecular flexibility index (Phi) is 2.62. The largest absolute Gasteiger partial charge is 0.507 e. The second kappa shape index (κ2) is 3.59. The summed E-state index contributed by atoms with van der Waals surface area (Å²) in [6, 6.07) is 5.81. The van der Waals surface area contributed by atoms with Crippen molar-refractivity contribution >= 4 is 53.3 Å². The van der Waals surface area contributed by atoms with Crippen molar-refractivity contribution in [1.29, 1.82) is 0 Å². The molecular weight excluding hydrogens is 316 g/mol.